The third-order valence-electron chi connectivity index (χ3n) is 1.75. The van der Waals surface area contributed by atoms with Crippen LogP contribution in [0.25, 0.3) is 0 Å². The topological polar surface area (TPSA) is 32.7 Å². The lowest BCUT2D eigenvalue weighted by molar-refractivity contribution is 0.188. The molecule has 0 saturated carbocycles. The molecule has 0 aromatic carbocycles. The normalized spacial score (nSPS) is 28.1. The Morgan fingerprint density at radius 1 is 1.67 bits per heavy atom. The van der Waals surface area contributed by atoms with Crippen LogP contribution in [0.5, 0.6) is 0 Å². The van der Waals surface area contributed by atoms with Crippen molar-refractivity contribution < 1.29 is 0 Å². The van der Waals surface area contributed by atoms with Crippen molar-refractivity contribution in [2.75, 3.05) is 13.1 Å². The lowest BCUT2D eigenvalue weighted by atomic mass is 10.0. The SMILES string of the molecule is C[C@H]1CCCN(N=O)C1. The highest BCUT2D eigenvalue weighted by Gasteiger charge is 2.14. The van der Waals surface area contributed by atoms with Crippen LogP contribution in [0.2, 0.25) is 0 Å². The second-order valence-corrected chi connectivity index (χ2v) is 2.74. The Morgan fingerprint density at radius 2 is 2.44 bits per heavy atom. The van der Waals surface area contributed by atoms with Gasteiger partial charge in [0.25, 0.3) is 0 Å². The lowest BCUT2D eigenvalue weighted by Gasteiger charge is -2.25. The average Bonchev–Trinajstić information content (AvgIpc) is 1.88. The van der Waals surface area contributed by atoms with Gasteiger partial charge in [-0.1, -0.05) is 6.92 Å². The van der Waals surface area contributed by atoms with E-state index < -0.39 is 0 Å². The Hall–Kier alpha value is -0.600. The standard InChI is InChI=1S/C6H12N2O/c1-6-3-2-4-8(5-6)7-9/h6H,2-5H2,1H3/t6-/m0/s1. The second-order valence-electron chi connectivity index (χ2n) is 2.74. The summed E-state index contributed by atoms with van der Waals surface area (Å²) in [5.74, 6) is 0.649. The first-order valence-corrected chi connectivity index (χ1v) is 3.41. The Balaban J connectivity index is 2.31. The summed E-state index contributed by atoms with van der Waals surface area (Å²) in [7, 11) is 0. The number of rotatable bonds is 1. The van der Waals surface area contributed by atoms with Gasteiger partial charge in [-0.15, -0.1) is 4.91 Å². The molecule has 9 heavy (non-hydrogen) atoms. The van der Waals surface area contributed by atoms with Gasteiger partial charge >= 0.3 is 0 Å². The highest BCUT2D eigenvalue weighted by Crippen LogP contribution is 2.14. The lowest BCUT2D eigenvalue weighted by Crippen LogP contribution is -2.29. The molecule has 1 atom stereocenters. The molecule has 1 aliphatic rings. The summed E-state index contributed by atoms with van der Waals surface area (Å²) in [5, 5.41) is 4.49. The van der Waals surface area contributed by atoms with Crippen LogP contribution in [0.1, 0.15) is 19.8 Å². The number of hydrogen-bond donors (Lipinski definition) is 0. The summed E-state index contributed by atoms with van der Waals surface area (Å²) < 4.78 is 0. The maximum absolute atomic E-state index is 9.98. The fraction of sp³-hybridized carbons (Fsp3) is 1.00. The van der Waals surface area contributed by atoms with Crippen LogP contribution in [0.3, 0.4) is 0 Å². The van der Waals surface area contributed by atoms with E-state index in [1.54, 1.807) is 5.01 Å². The molecular weight excluding hydrogens is 116 g/mol. The van der Waals surface area contributed by atoms with E-state index >= 15 is 0 Å². The van der Waals surface area contributed by atoms with Gasteiger partial charge in [-0.05, 0) is 18.8 Å². The van der Waals surface area contributed by atoms with Crippen molar-refractivity contribution in [1.29, 1.82) is 0 Å². The van der Waals surface area contributed by atoms with E-state index in [0.717, 1.165) is 19.5 Å². The molecule has 0 aliphatic carbocycles. The molecule has 0 aromatic heterocycles. The molecule has 0 spiro atoms. The number of hydrogen-bond acceptors (Lipinski definition) is 2. The molecule has 0 N–H and O–H groups in total. The van der Waals surface area contributed by atoms with Crippen molar-refractivity contribution in [1.82, 2.24) is 5.01 Å². The summed E-state index contributed by atoms with van der Waals surface area (Å²) in [4.78, 5) is 9.98. The number of nitroso groups, excluding NO2 is 1. The second kappa shape index (κ2) is 2.80. The van der Waals surface area contributed by atoms with E-state index in [9.17, 15) is 4.91 Å². The van der Waals surface area contributed by atoms with E-state index in [0.29, 0.717) is 5.92 Å². The van der Waals surface area contributed by atoms with Crippen LogP contribution >= 0.6 is 0 Å². The Labute approximate surface area is 55.0 Å². The molecule has 0 amide bonds. The Kier molecular flexibility index (Phi) is 2.03. The van der Waals surface area contributed by atoms with Gasteiger partial charge in [0, 0.05) is 13.1 Å². The van der Waals surface area contributed by atoms with Gasteiger partial charge in [-0.2, -0.15) is 0 Å². The third-order valence-corrected chi connectivity index (χ3v) is 1.75. The average molecular weight is 128 g/mol. The first-order valence-electron chi connectivity index (χ1n) is 3.41. The summed E-state index contributed by atoms with van der Waals surface area (Å²) in [5.41, 5.74) is 0. The number of nitrogens with zero attached hydrogens (tertiary/aromatic N) is 2. The summed E-state index contributed by atoms with van der Waals surface area (Å²) in [6.45, 7) is 3.86. The fourth-order valence-electron chi connectivity index (χ4n) is 1.24. The summed E-state index contributed by atoms with van der Waals surface area (Å²) in [6, 6.07) is 0. The molecule has 1 rings (SSSR count). The Morgan fingerprint density at radius 3 is 2.89 bits per heavy atom. The van der Waals surface area contributed by atoms with Crippen LogP contribution in [0.4, 0.5) is 0 Å². The predicted molar refractivity (Wildman–Crippen MR) is 35.8 cm³/mol. The van der Waals surface area contributed by atoms with Gasteiger partial charge in [-0.25, -0.2) is 0 Å². The van der Waals surface area contributed by atoms with Crippen LogP contribution < -0.4 is 0 Å². The fourth-order valence-corrected chi connectivity index (χ4v) is 1.24. The van der Waals surface area contributed by atoms with Gasteiger partial charge in [0.05, 0.1) is 5.29 Å². The van der Waals surface area contributed by atoms with E-state index in [4.69, 9.17) is 0 Å². The van der Waals surface area contributed by atoms with E-state index in [2.05, 4.69) is 12.2 Å². The van der Waals surface area contributed by atoms with Crippen molar-refractivity contribution in [3.8, 4) is 0 Å². The molecule has 1 heterocycles. The van der Waals surface area contributed by atoms with Crippen LogP contribution in [0.15, 0.2) is 5.29 Å². The minimum atomic E-state index is 0.649. The molecule has 3 nitrogen and oxygen atoms in total. The maximum Gasteiger partial charge on any atom is 0.0524 e. The quantitative estimate of drug-likeness (QED) is 0.500. The first kappa shape index (κ1) is 6.52. The van der Waals surface area contributed by atoms with Crippen molar-refractivity contribution >= 4 is 0 Å². The minimum absolute atomic E-state index is 0.649. The minimum Gasteiger partial charge on any atom is -0.261 e. The molecule has 52 valence electrons. The maximum atomic E-state index is 9.98. The van der Waals surface area contributed by atoms with Crippen molar-refractivity contribution in [3.63, 3.8) is 0 Å². The van der Waals surface area contributed by atoms with Crippen molar-refractivity contribution in [2.24, 2.45) is 11.2 Å². The van der Waals surface area contributed by atoms with E-state index in [-0.39, 0.29) is 0 Å². The first-order chi connectivity index (χ1) is 4.33. The van der Waals surface area contributed by atoms with Crippen LogP contribution in [-0.2, 0) is 0 Å². The zero-order valence-corrected chi connectivity index (χ0v) is 5.71. The zero-order chi connectivity index (χ0) is 6.69. The monoisotopic (exact) mass is 128 g/mol. The van der Waals surface area contributed by atoms with Gasteiger partial charge in [0.15, 0.2) is 0 Å². The zero-order valence-electron chi connectivity index (χ0n) is 5.71. The van der Waals surface area contributed by atoms with Gasteiger partial charge in [-0.3, -0.25) is 5.01 Å². The Bertz CT molecular complexity index is 105. The van der Waals surface area contributed by atoms with Gasteiger partial charge in [0.2, 0.25) is 0 Å². The smallest absolute Gasteiger partial charge is 0.0524 e. The van der Waals surface area contributed by atoms with Gasteiger partial charge < -0.3 is 0 Å². The molecule has 3 heteroatoms. The number of piperidine rings is 1. The molecule has 0 aromatic rings. The molecule has 1 saturated heterocycles. The van der Waals surface area contributed by atoms with E-state index in [1.807, 2.05) is 0 Å². The predicted octanol–water partition coefficient (Wildman–Crippen LogP) is 1.40. The molecule has 0 unspecified atom stereocenters. The van der Waals surface area contributed by atoms with Crippen molar-refractivity contribution in [2.45, 2.75) is 19.8 Å². The molecule has 0 bridgehead atoms. The van der Waals surface area contributed by atoms with Crippen LogP contribution in [-0.4, -0.2) is 18.1 Å². The largest absolute Gasteiger partial charge is 0.261 e. The molecule has 1 fully saturated rings. The summed E-state index contributed by atoms with van der Waals surface area (Å²) in [6.07, 6.45) is 2.36. The third kappa shape index (κ3) is 1.66. The van der Waals surface area contributed by atoms with Crippen molar-refractivity contribution in [3.05, 3.63) is 4.91 Å². The summed E-state index contributed by atoms with van der Waals surface area (Å²) >= 11 is 0. The van der Waals surface area contributed by atoms with Crippen LogP contribution in [0, 0.1) is 10.8 Å². The van der Waals surface area contributed by atoms with Gasteiger partial charge in [0.1, 0.15) is 0 Å². The highest BCUT2D eigenvalue weighted by molar-refractivity contribution is 4.65. The molecule has 1 aliphatic heterocycles. The molecule has 0 radical (unpaired) electrons. The highest BCUT2D eigenvalue weighted by atomic mass is 16.3. The molecular formula is C6H12N2O. The van der Waals surface area contributed by atoms with E-state index in [1.165, 1.54) is 6.42 Å².